The summed E-state index contributed by atoms with van der Waals surface area (Å²) in [6, 6.07) is 0. The Morgan fingerprint density at radius 1 is 1.44 bits per heavy atom. The largest absolute Gasteiger partial charge is 0.393 e. The van der Waals surface area contributed by atoms with E-state index in [1.807, 2.05) is 6.92 Å². The van der Waals surface area contributed by atoms with Gasteiger partial charge >= 0.3 is 11.9 Å². The first-order chi connectivity index (χ1) is 7.52. The number of aliphatic hydroxyl groups excluding tert-OH is 2. The van der Waals surface area contributed by atoms with E-state index in [-0.39, 0.29) is 12.2 Å². The van der Waals surface area contributed by atoms with Crippen LogP contribution in [-0.4, -0.2) is 48.1 Å². The lowest BCUT2D eigenvalue weighted by Crippen LogP contribution is -2.29. The van der Waals surface area contributed by atoms with Crippen LogP contribution in [0.4, 0.5) is 0 Å². The Bertz CT molecular complexity index is 260. The van der Waals surface area contributed by atoms with Crippen molar-refractivity contribution in [2.75, 3.05) is 19.8 Å². The molecule has 0 aromatic carbocycles. The molecule has 0 fully saturated rings. The van der Waals surface area contributed by atoms with E-state index in [0.29, 0.717) is 6.61 Å². The lowest BCUT2D eigenvalue weighted by Gasteiger charge is -2.08. The average Bonchev–Trinajstić information content (AvgIpc) is 2.27. The van der Waals surface area contributed by atoms with Gasteiger partial charge in [0.15, 0.2) is 6.10 Å². The molecule has 0 bridgehead atoms. The number of hydrogen-bond acceptors (Lipinski definition) is 6. The van der Waals surface area contributed by atoms with Crippen LogP contribution in [0.5, 0.6) is 0 Å². The molecule has 0 aromatic rings. The lowest BCUT2D eigenvalue weighted by atomic mass is 10.3. The van der Waals surface area contributed by atoms with Gasteiger partial charge in [-0.15, -0.1) is 0 Å². The van der Waals surface area contributed by atoms with Gasteiger partial charge < -0.3 is 19.7 Å². The van der Waals surface area contributed by atoms with Crippen LogP contribution < -0.4 is 0 Å². The summed E-state index contributed by atoms with van der Waals surface area (Å²) in [5, 5.41) is 17.3. The summed E-state index contributed by atoms with van der Waals surface area (Å²) in [7, 11) is 0. The molecule has 1 atom stereocenters. The third-order valence-corrected chi connectivity index (χ3v) is 1.55. The zero-order valence-electron chi connectivity index (χ0n) is 9.14. The Morgan fingerprint density at radius 3 is 2.56 bits per heavy atom. The van der Waals surface area contributed by atoms with Crippen molar-refractivity contribution >= 4 is 11.9 Å². The maximum absolute atomic E-state index is 11.2. The molecule has 0 aliphatic carbocycles. The van der Waals surface area contributed by atoms with E-state index in [1.165, 1.54) is 0 Å². The fraction of sp³-hybridized carbons (Fsp3) is 0.600. The van der Waals surface area contributed by atoms with Crippen LogP contribution in [0.3, 0.4) is 0 Å². The van der Waals surface area contributed by atoms with E-state index >= 15 is 0 Å². The normalized spacial score (nSPS) is 11.9. The van der Waals surface area contributed by atoms with Gasteiger partial charge in [0.25, 0.3) is 0 Å². The highest BCUT2D eigenvalue weighted by Crippen LogP contribution is 1.99. The van der Waals surface area contributed by atoms with E-state index in [4.69, 9.17) is 14.9 Å². The van der Waals surface area contributed by atoms with Crippen molar-refractivity contribution in [2.45, 2.75) is 19.4 Å². The van der Waals surface area contributed by atoms with Crippen LogP contribution in [0.15, 0.2) is 12.2 Å². The summed E-state index contributed by atoms with van der Waals surface area (Å²) < 4.78 is 9.24. The molecular formula is C10H16O6. The van der Waals surface area contributed by atoms with E-state index < -0.39 is 24.6 Å². The summed E-state index contributed by atoms with van der Waals surface area (Å²) in [5.41, 5.74) is -0.0214. The molecule has 0 rings (SSSR count). The second-order valence-electron chi connectivity index (χ2n) is 3.06. The SMILES string of the molecule is C=C(COCCC)C(=O)OC(=O)C(O)CO. The Labute approximate surface area is 93.5 Å². The van der Waals surface area contributed by atoms with Crippen molar-refractivity contribution in [1.29, 1.82) is 0 Å². The van der Waals surface area contributed by atoms with Crippen LogP contribution in [-0.2, 0) is 19.1 Å². The minimum atomic E-state index is -1.71. The first-order valence-corrected chi connectivity index (χ1v) is 4.83. The van der Waals surface area contributed by atoms with Crippen molar-refractivity contribution in [3.8, 4) is 0 Å². The van der Waals surface area contributed by atoms with Crippen LogP contribution in [0.2, 0.25) is 0 Å². The van der Waals surface area contributed by atoms with Gasteiger partial charge in [0.1, 0.15) is 0 Å². The van der Waals surface area contributed by atoms with Crippen molar-refractivity contribution in [3.05, 3.63) is 12.2 Å². The minimum absolute atomic E-state index is 0.0214. The molecule has 0 amide bonds. The van der Waals surface area contributed by atoms with Crippen molar-refractivity contribution in [1.82, 2.24) is 0 Å². The second kappa shape index (κ2) is 7.98. The van der Waals surface area contributed by atoms with Gasteiger partial charge in [0, 0.05) is 6.61 Å². The van der Waals surface area contributed by atoms with Crippen molar-refractivity contribution < 1.29 is 29.3 Å². The molecule has 92 valence electrons. The molecular weight excluding hydrogens is 216 g/mol. The second-order valence-corrected chi connectivity index (χ2v) is 3.06. The van der Waals surface area contributed by atoms with Crippen molar-refractivity contribution in [2.24, 2.45) is 0 Å². The van der Waals surface area contributed by atoms with Crippen LogP contribution in [0.1, 0.15) is 13.3 Å². The van der Waals surface area contributed by atoms with Crippen molar-refractivity contribution in [3.63, 3.8) is 0 Å². The van der Waals surface area contributed by atoms with E-state index in [0.717, 1.165) is 6.42 Å². The Morgan fingerprint density at radius 2 is 2.06 bits per heavy atom. The highest BCUT2D eigenvalue weighted by Gasteiger charge is 2.20. The van der Waals surface area contributed by atoms with Crippen LogP contribution in [0.25, 0.3) is 0 Å². The molecule has 0 heterocycles. The number of carbonyl (C=O) groups excluding carboxylic acids is 2. The molecule has 0 spiro atoms. The highest BCUT2D eigenvalue weighted by molar-refractivity contribution is 5.97. The topological polar surface area (TPSA) is 93.1 Å². The number of rotatable bonds is 7. The molecule has 6 nitrogen and oxygen atoms in total. The Hall–Kier alpha value is -1.24. The monoisotopic (exact) mass is 232 g/mol. The third-order valence-electron chi connectivity index (χ3n) is 1.55. The average molecular weight is 232 g/mol. The van der Waals surface area contributed by atoms with E-state index in [2.05, 4.69) is 11.3 Å². The summed E-state index contributed by atoms with van der Waals surface area (Å²) in [6.45, 7) is 4.91. The van der Waals surface area contributed by atoms with Gasteiger partial charge in [-0.3, -0.25) is 0 Å². The number of esters is 2. The Kier molecular flexibility index (Phi) is 7.36. The smallest absolute Gasteiger partial charge is 0.345 e. The number of ether oxygens (including phenoxy) is 2. The van der Waals surface area contributed by atoms with E-state index in [9.17, 15) is 9.59 Å². The molecule has 0 aliphatic heterocycles. The van der Waals surface area contributed by atoms with Gasteiger partial charge in [-0.05, 0) is 6.42 Å². The number of carbonyl (C=O) groups is 2. The maximum atomic E-state index is 11.2. The molecule has 0 radical (unpaired) electrons. The quantitative estimate of drug-likeness (QED) is 0.263. The molecule has 16 heavy (non-hydrogen) atoms. The van der Waals surface area contributed by atoms with Gasteiger partial charge in [0.2, 0.25) is 0 Å². The zero-order valence-corrected chi connectivity index (χ0v) is 9.14. The molecule has 2 N–H and O–H groups in total. The molecule has 0 saturated heterocycles. The van der Waals surface area contributed by atoms with Gasteiger partial charge in [-0.2, -0.15) is 0 Å². The summed E-state index contributed by atoms with van der Waals surface area (Å²) >= 11 is 0. The van der Waals surface area contributed by atoms with Crippen LogP contribution >= 0.6 is 0 Å². The maximum Gasteiger partial charge on any atom is 0.345 e. The third kappa shape index (κ3) is 5.59. The standard InChI is InChI=1S/C10H16O6/c1-3-4-15-6-7(2)9(13)16-10(14)8(12)5-11/h8,11-12H,2-6H2,1H3. The Balaban J connectivity index is 3.96. The van der Waals surface area contributed by atoms with Gasteiger partial charge in [-0.25, -0.2) is 9.59 Å². The summed E-state index contributed by atoms with van der Waals surface area (Å²) in [5.74, 6) is -2.17. The fourth-order valence-electron chi connectivity index (χ4n) is 0.705. The molecule has 0 aromatic heterocycles. The molecule has 0 saturated carbocycles. The predicted molar refractivity (Wildman–Crippen MR) is 54.4 cm³/mol. The van der Waals surface area contributed by atoms with Gasteiger partial charge in [0.05, 0.1) is 18.8 Å². The number of aliphatic hydroxyl groups is 2. The summed E-state index contributed by atoms with van der Waals surface area (Å²) in [4.78, 5) is 22.0. The first kappa shape index (κ1) is 14.8. The number of hydrogen-bond donors (Lipinski definition) is 2. The molecule has 0 aliphatic rings. The molecule has 6 heteroatoms. The van der Waals surface area contributed by atoms with Gasteiger partial charge in [-0.1, -0.05) is 13.5 Å². The molecule has 1 unspecified atom stereocenters. The highest BCUT2D eigenvalue weighted by atomic mass is 16.6. The minimum Gasteiger partial charge on any atom is -0.393 e. The van der Waals surface area contributed by atoms with Crippen LogP contribution in [0, 0.1) is 0 Å². The fourth-order valence-corrected chi connectivity index (χ4v) is 0.705. The lowest BCUT2D eigenvalue weighted by molar-refractivity contribution is -0.165. The zero-order chi connectivity index (χ0) is 12.6. The summed E-state index contributed by atoms with van der Waals surface area (Å²) in [6.07, 6.45) is -0.918. The van der Waals surface area contributed by atoms with E-state index in [1.54, 1.807) is 0 Å². The first-order valence-electron chi connectivity index (χ1n) is 4.83. The predicted octanol–water partition coefficient (Wildman–Crippen LogP) is -0.608.